The van der Waals surface area contributed by atoms with E-state index in [2.05, 4.69) is 5.32 Å². The number of rotatable bonds is 5. The van der Waals surface area contributed by atoms with Crippen molar-refractivity contribution < 1.29 is 13.2 Å². The van der Waals surface area contributed by atoms with Crippen molar-refractivity contribution in [1.29, 1.82) is 0 Å². The summed E-state index contributed by atoms with van der Waals surface area (Å²) in [6.45, 7) is 5.92. The predicted molar refractivity (Wildman–Crippen MR) is 79.4 cm³/mol. The molecule has 1 aliphatic rings. The molecule has 0 radical (unpaired) electrons. The standard InChI is InChI=1S/C12H24N2O3S.ClH/c1-4-9-14(11-5-7-13-8-6-11)12(15)10(2)18(3,16)17;/h10-11,13H,4-9H2,1-3H3;1H. The van der Waals surface area contributed by atoms with Crippen LogP contribution in [0.2, 0.25) is 0 Å². The highest BCUT2D eigenvalue weighted by atomic mass is 35.5. The van der Waals surface area contributed by atoms with Crippen molar-refractivity contribution in [3.63, 3.8) is 0 Å². The van der Waals surface area contributed by atoms with Crippen LogP contribution in [0.4, 0.5) is 0 Å². The third-order valence-corrected chi connectivity index (χ3v) is 4.97. The molecule has 0 saturated carbocycles. The molecule has 1 amide bonds. The number of nitrogens with one attached hydrogen (secondary N) is 1. The molecule has 1 rings (SSSR count). The quantitative estimate of drug-likeness (QED) is 0.816. The zero-order valence-electron chi connectivity index (χ0n) is 11.9. The van der Waals surface area contributed by atoms with Crippen molar-refractivity contribution >= 4 is 28.2 Å². The van der Waals surface area contributed by atoms with E-state index >= 15 is 0 Å². The Kier molecular flexibility index (Phi) is 7.93. The molecule has 0 aromatic rings. The van der Waals surface area contributed by atoms with Crippen LogP contribution in [0.25, 0.3) is 0 Å². The van der Waals surface area contributed by atoms with Crippen LogP contribution >= 0.6 is 12.4 Å². The predicted octanol–water partition coefficient (Wildman–Crippen LogP) is 0.832. The molecule has 1 N–H and O–H groups in total. The normalized spacial score (nSPS) is 18.5. The summed E-state index contributed by atoms with van der Waals surface area (Å²) in [5.74, 6) is -0.244. The lowest BCUT2D eigenvalue weighted by Crippen LogP contribution is -2.50. The summed E-state index contributed by atoms with van der Waals surface area (Å²) in [7, 11) is -3.31. The Hall–Kier alpha value is -0.330. The van der Waals surface area contributed by atoms with Gasteiger partial charge >= 0.3 is 0 Å². The maximum atomic E-state index is 12.3. The number of sulfone groups is 1. The van der Waals surface area contributed by atoms with Gasteiger partial charge in [-0.1, -0.05) is 6.92 Å². The van der Waals surface area contributed by atoms with Crippen molar-refractivity contribution in [1.82, 2.24) is 10.2 Å². The SMILES string of the molecule is CCCN(C(=O)C(C)S(C)(=O)=O)C1CCNCC1.Cl. The monoisotopic (exact) mass is 312 g/mol. The Balaban J connectivity index is 0.00000324. The molecule has 114 valence electrons. The largest absolute Gasteiger partial charge is 0.339 e. The zero-order valence-corrected chi connectivity index (χ0v) is 13.5. The Morgan fingerprint density at radius 1 is 1.37 bits per heavy atom. The third-order valence-electron chi connectivity index (χ3n) is 3.49. The summed E-state index contributed by atoms with van der Waals surface area (Å²) in [6, 6.07) is 0.183. The lowest BCUT2D eigenvalue weighted by molar-refractivity contribution is -0.133. The molecule has 7 heteroatoms. The Morgan fingerprint density at radius 3 is 2.32 bits per heavy atom. The van der Waals surface area contributed by atoms with Crippen LogP contribution in [0, 0.1) is 0 Å². The number of nitrogens with zero attached hydrogens (tertiary/aromatic N) is 1. The van der Waals surface area contributed by atoms with E-state index in [0.717, 1.165) is 38.6 Å². The molecule has 19 heavy (non-hydrogen) atoms. The van der Waals surface area contributed by atoms with Crippen LogP contribution in [-0.4, -0.2) is 56.4 Å². The van der Waals surface area contributed by atoms with E-state index in [1.165, 1.54) is 6.92 Å². The fraction of sp³-hybridized carbons (Fsp3) is 0.917. The second kappa shape index (κ2) is 8.07. The first-order chi connectivity index (χ1) is 8.38. The van der Waals surface area contributed by atoms with E-state index in [1.54, 1.807) is 4.90 Å². The van der Waals surface area contributed by atoms with Gasteiger partial charge in [0.05, 0.1) is 0 Å². The summed E-state index contributed by atoms with van der Waals surface area (Å²) in [4.78, 5) is 14.1. The first kappa shape index (κ1) is 18.7. The maximum Gasteiger partial charge on any atom is 0.240 e. The summed E-state index contributed by atoms with van der Waals surface area (Å²) in [5.41, 5.74) is 0. The van der Waals surface area contributed by atoms with Gasteiger partial charge in [0.15, 0.2) is 9.84 Å². The average molecular weight is 313 g/mol. The highest BCUT2D eigenvalue weighted by Crippen LogP contribution is 2.16. The minimum absolute atomic E-state index is 0. The Labute approximate surface area is 122 Å². The van der Waals surface area contributed by atoms with Gasteiger partial charge in [-0.2, -0.15) is 0 Å². The number of halogens is 1. The Bertz CT molecular complexity index is 380. The van der Waals surface area contributed by atoms with Crippen LogP contribution in [0.3, 0.4) is 0 Å². The molecule has 0 aromatic heterocycles. The van der Waals surface area contributed by atoms with E-state index < -0.39 is 15.1 Å². The second-order valence-electron chi connectivity index (χ2n) is 4.98. The van der Waals surface area contributed by atoms with Gasteiger partial charge in [-0.3, -0.25) is 4.79 Å². The number of hydrogen-bond donors (Lipinski definition) is 1. The summed E-state index contributed by atoms with van der Waals surface area (Å²) < 4.78 is 23.0. The molecule has 0 spiro atoms. The van der Waals surface area contributed by atoms with Crippen LogP contribution in [0.15, 0.2) is 0 Å². The topological polar surface area (TPSA) is 66.5 Å². The first-order valence-corrected chi connectivity index (χ1v) is 8.53. The molecular weight excluding hydrogens is 288 g/mol. The van der Waals surface area contributed by atoms with Gasteiger partial charge in [0.2, 0.25) is 5.91 Å². The van der Waals surface area contributed by atoms with Crippen molar-refractivity contribution in [2.45, 2.75) is 44.4 Å². The van der Waals surface area contributed by atoms with E-state index in [4.69, 9.17) is 0 Å². The van der Waals surface area contributed by atoms with E-state index in [9.17, 15) is 13.2 Å². The van der Waals surface area contributed by atoms with E-state index in [0.29, 0.717) is 6.54 Å². The molecule has 1 unspecified atom stereocenters. The highest BCUT2D eigenvalue weighted by Gasteiger charge is 2.32. The molecule has 1 fully saturated rings. The summed E-state index contributed by atoms with van der Waals surface area (Å²) in [6.07, 6.45) is 3.79. The molecule has 0 bridgehead atoms. The zero-order chi connectivity index (χ0) is 13.8. The summed E-state index contributed by atoms with van der Waals surface area (Å²) in [5, 5.41) is 2.32. The van der Waals surface area contributed by atoms with Gasteiger partial charge in [-0.25, -0.2) is 8.42 Å². The van der Waals surface area contributed by atoms with Gasteiger partial charge in [0.1, 0.15) is 5.25 Å². The van der Waals surface area contributed by atoms with Crippen molar-refractivity contribution in [3.05, 3.63) is 0 Å². The van der Waals surface area contributed by atoms with Crippen molar-refractivity contribution in [2.24, 2.45) is 0 Å². The second-order valence-corrected chi connectivity index (χ2v) is 7.35. The number of hydrogen-bond acceptors (Lipinski definition) is 4. The van der Waals surface area contributed by atoms with Gasteiger partial charge in [-0.15, -0.1) is 12.4 Å². The summed E-state index contributed by atoms with van der Waals surface area (Å²) >= 11 is 0. The highest BCUT2D eigenvalue weighted by molar-refractivity contribution is 7.92. The molecule has 0 aromatic carbocycles. The smallest absolute Gasteiger partial charge is 0.240 e. The van der Waals surface area contributed by atoms with Gasteiger partial charge in [-0.05, 0) is 39.3 Å². The fourth-order valence-corrected chi connectivity index (χ4v) is 2.75. The minimum atomic E-state index is -3.31. The molecule has 0 aliphatic carbocycles. The fourth-order valence-electron chi connectivity index (χ4n) is 2.25. The van der Waals surface area contributed by atoms with E-state index in [-0.39, 0.29) is 24.4 Å². The van der Waals surface area contributed by atoms with Crippen LogP contribution in [0.1, 0.15) is 33.1 Å². The molecule has 1 heterocycles. The first-order valence-electron chi connectivity index (χ1n) is 6.58. The van der Waals surface area contributed by atoms with E-state index in [1.807, 2.05) is 6.92 Å². The lowest BCUT2D eigenvalue weighted by Gasteiger charge is -2.35. The Morgan fingerprint density at radius 2 is 1.89 bits per heavy atom. The van der Waals surface area contributed by atoms with Crippen LogP contribution < -0.4 is 5.32 Å². The number of piperidine rings is 1. The van der Waals surface area contributed by atoms with Crippen molar-refractivity contribution in [3.8, 4) is 0 Å². The molecule has 5 nitrogen and oxygen atoms in total. The average Bonchev–Trinajstić information content (AvgIpc) is 2.34. The van der Waals surface area contributed by atoms with Crippen LogP contribution in [-0.2, 0) is 14.6 Å². The van der Waals surface area contributed by atoms with Crippen LogP contribution in [0.5, 0.6) is 0 Å². The van der Waals surface area contributed by atoms with Crippen molar-refractivity contribution in [2.75, 3.05) is 25.9 Å². The molecule has 1 saturated heterocycles. The lowest BCUT2D eigenvalue weighted by atomic mass is 10.0. The third kappa shape index (κ3) is 5.28. The minimum Gasteiger partial charge on any atom is -0.339 e. The molecule has 1 atom stereocenters. The maximum absolute atomic E-state index is 12.3. The molecule has 1 aliphatic heterocycles. The van der Waals surface area contributed by atoms with Gasteiger partial charge < -0.3 is 10.2 Å². The number of carbonyl (C=O) groups is 1. The number of carbonyl (C=O) groups excluding carboxylic acids is 1. The van der Waals surface area contributed by atoms with Gasteiger partial charge in [0.25, 0.3) is 0 Å². The van der Waals surface area contributed by atoms with Gasteiger partial charge in [0, 0.05) is 18.8 Å². The number of amides is 1. The molecular formula is C12H25ClN2O3S.